The molecule has 0 bridgehead atoms. The Bertz CT molecular complexity index is 1120. The van der Waals surface area contributed by atoms with Crippen LogP contribution in [0.2, 0.25) is 0 Å². The van der Waals surface area contributed by atoms with E-state index < -0.39 is 5.82 Å². The van der Waals surface area contributed by atoms with Gasteiger partial charge in [-0.2, -0.15) is 0 Å². The molecule has 26 heavy (non-hydrogen) atoms. The van der Waals surface area contributed by atoms with Crippen LogP contribution in [0.5, 0.6) is 11.8 Å². The third-order valence-corrected chi connectivity index (χ3v) is 3.96. The zero-order valence-corrected chi connectivity index (χ0v) is 14.1. The molecular weight excluding hydrogens is 335 g/mol. The van der Waals surface area contributed by atoms with Gasteiger partial charge in [0.15, 0.2) is 17.4 Å². The number of hydrogen-bond acceptors (Lipinski definition) is 6. The molecule has 0 aliphatic rings. The van der Waals surface area contributed by atoms with Crippen molar-refractivity contribution in [2.45, 2.75) is 13.8 Å². The van der Waals surface area contributed by atoms with E-state index in [0.717, 1.165) is 16.8 Å². The molecule has 4 aromatic rings. The van der Waals surface area contributed by atoms with E-state index in [4.69, 9.17) is 10.5 Å². The van der Waals surface area contributed by atoms with Crippen LogP contribution in [0.25, 0.3) is 16.7 Å². The molecule has 4 rings (SSSR count). The van der Waals surface area contributed by atoms with E-state index in [-0.39, 0.29) is 11.8 Å². The lowest BCUT2D eigenvalue weighted by molar-refractivity contribution is 0.410. The highest BCUT2D eigenvalue weighted by atomic mass is 19.1. The van der Waals surface area contributed by atoms with Crippen molar-refractivity contribution >= 4 is 16.9 Å². The highest BCUT2D eigenvalue weighted by molar-refractivity contribution is 5.89. The average molecular weight is 350 g/mol. The minimum atomic E-state index is -0.539. The van der Waals surface area contributed by atoms with Gasteiger partial charge in [-0.3, -0.25) is 0 Å². The van der Waals surface area contributed by atoms with Gasteiger partial charge in [0.1, 0.15) is 11.8 Å². The molecule has 0 amide bonds. The normalized spacial score (nSPS) is 11.0. The van der Waals surface area contributed by atoms with Crippen LogP contribution < -0.4 is 10.5 Å². The summed E-state index contributed by atoms with van der Waals surface area (Å²) in [6, 6.07) is 6.43. The van der Waals surface area contributed by atoms with E-state index in [2.05, 4.69) is 19.9 Å². The van der Waals surface area contributed by atoms with Crippen LogP contribution in [0, 0.1) is 19.7 Å². The molecule has 0 radical (unpaired) electrons. The van der Waals surface area contributed by atoms with Crippen LogP contribution >= 0.6 is 0 Å². The smallest absolute Gasteiger partial charge is 0.322 e. The summed E-state index contributed by atoms with van der Waals surface area (Å²) in [7, 11) is 0. The minimum absolute atomic E-state index is 0.0387. The summed E-state index contributed by atoms with van der Waals surface area (Å²) >= 11 is 0. The molecule has 0 saturated heterocycles. The Morgan fingerprint density at radius 1 is 1.12 bits per heavy atom. The van der Waals surface area contributed by atoms with Gasteiger partial charge in [0.2, 0.25) is 0 Å². The van der Waals surface area contributed by atoms with Crippen LogP contribution in [0.4, 0.5) is 10.2 Å². The van der Waals surface area contributed by atoms with Gasteiger partial charge in [-0.15, -0.1) is 0 Å². The van der Waals surface area contributed by atoms with Gasteiger partial charge >= 0.3 is 6.01 Å². The molecule has 1 aromatic carbocycles. The topological polar surface area (TPSA) is 91.7 Å². The number of nitrogens with zero attached hydrogens (tertiary/aromatic N) is 5. The van der Waals surface area contributed by atoms with E-state index in [0.29, 0.717) is 17.0 Å². The molecule has 3 aromatic heterocycles. The molecule has 0 spiro atoms. The first-order valence-corrected chi connectivity index (χ1v) is 7.88. The Balaban J connectivity index is 1.75. The zero-order chi connectivity index (χ0) is 18.3. The maximum absolute atomic E-state index is 14.6. The molecule has 0 aliphatic heterocycles. The zero-order valence-electron chi connectivity index (χ0n) is 14.1. The number of aryl methyl sites for hydroxylation is 2. The Kier molecular flexibility index (Phi) is 3.72. The van der Waals surface area contributed by atoms with Crippen LogP contribution in [-0.2, 0) is 0 Å². The van der Waals surface area contributed by atoms with Crippen LogP contribution in [-0.4, -0.2) is 24.5 Å². The predicted octanol–water partition coefficient (Wildman–Crippen LogP) is 3.34. The molecule has 3 heterocycles. The summed E-state index contributed by atoms with van der Waals surface area (Å²) in [5.41, 5.74) is 9.59. The van der Waals surface area contributed by atoms with Crippen molar-refractivity contribution in [2.75, 3.05) is 5.73 Å². The van der Waals surface area contributed by atoms with Crippen LogP contribution in [0.15, 0.2) is 43.0 Å². The first kappa shape index (κ1) is 15.9. The minimum Gasteiger partial charge on any atom is -0.421 e. The number of anilines is 1. The third kappa shape index (κ3) is 2.71. The molecule has 0 aliphatic carbocycles. The number of aromatic nitrogens is 5. The monoisotopic (exact) mass is 350 g/mol. The Hall–Kier alpha value is -3.55. The second kappa shape index (κ2) is 6.07. The van der Waals surface area contributed by atoms with Crippen molar-refractivity contribution in [3.8, 4) is 17.4 Å². The van der Waals surface area contributed by atoms with Gasteiger partial charge in [-0.25, -0.2) is 24.3 Å². The van der Waals surface area contributed by atoms with Crippen molar-refractivity contribution in [1.82, 2.24) is 24.5 Å². The Morgan fingerprint density at radius 3 is 2.73 bits per heavy atom. The molecule has 0 saturated carbocycles. The second-order valence-electron chi connectivity index (χ2n) is 5.84. The number of fused-ring (bicyclic) bond motifs is 1. The SMILES string of the molecule is Cc1ccnc(Oc2ccc(-n3cc(C)c4ncnc(N)c43)cc2F)n1. The molecule has 8 heteroatoms. The summed E-state index contributed by atoms with van der Waals surface area (Å²) in [4.78, 5) is 16.3. The number of rotatable bonds is 3. The van der Waals surface area contributed by atoms with Gasteiger partial charge in [-0.05, 0) is 37.6 Å². The van der Waals surface area contributed by atoms with E-state index in [1.54, 1.807) is 29.8 Å². The standard InChI is InChI=1S/C18H15FN6O/c1-10-8-25(16-15(10)22-9-23-17(16)20)12-3-4-14(13(19)7-12)26-18-21-6-5-11(2)24-18/h3-9H,1-2H3,(H2,20,22,23). The Labute approximate surface area is 148 Å². The van der Waals surface area contributed by atoms with E-state index >= 15 is 0 Å². The summed E-state index contributed by atoms with van der Waals surface area (Å²) in [5, 5.41) is 0. The van der Waals surface area contributed by atoms with Gasteiger partial charge < -0.3 is 15.0 Å². The van der Waals surface area contributed by atoms with Gasteiger partial charge in [0.05, 0.1) is 5.52 Å². The first-order valence-electron chi connectivity index (χ1n) is 7.88. The van der Waals surface area contributed by atoms with Crippen molar-refractivity contribution in [2.24, 2.45) is 0 Å². The molecule has 7 nitrogen and oxygen atoms in total. The van der Waals surface area contributed by atoms with Gasteiger partial charge in [-0.1, -0.05) is 0 Å². The number of halogens is 1. The average Bonchev–Trinajstić information content (AvgIpc) is 2.95. The van der Waals surface area contributed by atoms with Crippen LogP contribution in [0.1, 0.15) is 11.3 Å². The molecule has 0 unspecified atom stereocenters. The summed E-state index contributed by atoms with van der Waals surface area (Å²) in [6.45, 7) is 3.72. The number of ether oxygens (including phenoxy) is 1. The number of nitrogen functional groups attached to an aromatic ring is 1. The van der Waals surface area contributed by atoms with E-state index in [9.17, 15) is 4.39 Å². The fraction of sp³-hybridized carbons (Fsp3) is 0.111. The number of benzene rings is 1. The van der Waals surface area contributed by atoms with Crippen molar-refractivity contribution < 1.29 is 9.13 Å². The lowest BCUT2D eigenvalue weighted by Crippen LogP contribution is -2.00. The predicted molar refractivity (Wildman–Crippen MR) is 94.8 cm³/mol. The quantitative estimate of drug-likeness (QED) is 0.609. The van der Waals surface area contributed by atoms with Crippen molar-refractivity contribution in [1.29, 1.82) is 0 Å². The highest BCUT2D eigenvalue weighted by Crippen LogP contribution is 2.29. The summed E-state index contributed by atoms with van der Waals surface area (Å²) in [6.07, 6.45) is 4.81. The maximum Gasteiger partial charge on any atom is 0.322 e. The van der Waals surface area contributed by atoms with Gasteiger partial charge in [0.25, 0.3) is 0 Å². The van der Waals surface area contributed by atoms with Crippen molar-refractivity contribution in [3.05, 3.63) is 60.1 Å². The molecular formula is C18H15FN6O. The third-order valence-electron chi connectivity index (χ3n) is 3.96. The second-order valence-corrected chi connectivity index (χ2v) is 5.84. The first-order chi connectivity index (χ1) is 12.5. The van der Waals surface area contributed by atoms with Crippen LogP contribution in [0.3, 0.4) is 0 Å². The fourth-order valence-corrected chi connectivity index (χ4v) is 2.74. The fourth-order valence-electron chi connectivity index (χ4n) is 2.74. The van der Waals surface area contributed by atoms with E-state index in [1.165, 1.54) is 18.5 Å². The maximum atomic E-state index is 14.6. The van der Waals surface area contributed by atoms with E-state index in [1.807, 2.05) is 13.1 Å². The highest BCUT2D eigenvalue weighted by Gasteiger charge is 2.14. The molecule has 2 N–H and O–H groups in total. The van der Waals surface area contributed by atoms with Crippen molar-refractivity contribution in [3.63, 3.8) is 0 Å². The molecule has 130 valence electrons. The number of nitrogens with two attached hydrogens (primary N) is 1. The lowest BCUT2D eigenvalue weighted by Gasteiger charge is -2.09. The summed E-state index contributed by atoms with van der Waals surface area (Å²) < 4.78 is 21.8. The molecule has 0 atom stereocenters. The number of hydrogen-bond donors (Lipinski definition) is 1. The largest absolute Gasteiger partial charge is 0.421 e. The Morgan fingerprint density at radius 2 is 1.96 bits per heavy atom. The molecule has 0 fully saturated rings. The van der Waals surface area contributed by atoms with Gasteiger partial charge in [0, 0.05) is 29.8 Å². The lowest BCUT2D eigenvalue weighted by atomic mass is 10.3. The summed E-state index contributed by atoms with van der Waals surface area (Å²) in [5.74, 6) is -0.170.